The van der Waals surface area contributed by atoms with Gasteiger partial charge in [0.1, 0.15) is 5.82 Å². The molecule has 0 atom stereocenters. The third-order valence-electron chi connectivity index (χ3n) is 5.10. The van der Waals surface area contributed by atoms with Gasteiger partial charge in [0.05, 0.1) is 11.8 Å². The lowest BCUT2D eigenvalue weighted by molar-refractivity contribution is 0.244. The zero-order chi connectivity index (χ0) is 17.3. The van der Waals surface area contributed by atoms with Crippen LogP contribution in [0.4, 0.5) is 0 Å². The van der Waals surface area contributed by atoms with Crippen LogP contribution in [0.3, 0.4) is 0 Å². The van der Waals surface area contributed by atoms with E-state index in [2.05, 4.69) is 48.8 Å². The van der Waals surface area contributed by atoms with E-state index >= 15 is 0 Å². The Kier molecular flexibility index (Phi) is 3.75. The first-order chi connectivity index (χ1) is 12.9. The number of benzene rings is 1. The molecule has 0 N–H and O–H groups in total. The largest absolute Gasteiger partial charge is 0.330 e. The molecule has 1 aliphatic rings. The fourth-order valence-corrected chi connectivity index (χ4v) is 3.71. The van der Waals surface area contributed by atoms with E-state index in [-0.39, 0.29) is 0 Å². The summed E-state index contributed by atoms with van der Waals surface area (Å²) in [5.41, 5.74) is 4.76. The highest BCUT2D eigenvalue weighted by molar-refractivity contribution is 5.72. The molecular formula is C20H20N6. The molecule has 5 rings (SSSR count). The Labute approximate surface area is 151 Å². The lowest BCUT2D eigenvalue weighted by Crippen LogP contribution is -2.33. The number of nitrogens with zero attached hydrogens (tertiary/aromatic N) is 6. The molecule has 3 aromatic heterocycles. The lowest BCUT2D eigenvalue weighted by Gasteiger charge is -2.28. The van der Waals surface area contributed by atoms with Gasteiger partial charge in [0.2, 0.25) is 0 Å². The van der Waals surface area contributed by atoms with Gasteiger partial charge in [-0.1, -0.05) is 24.3 Å². The molecule has 26 heavy (non-hydrogen) atoms. The predicted octanol–water partition coefficient (Wildman–Crippen LogP) is 2.65. The maximum atomic E-state index is 4.56. The van der Waals surface area contributed by atoms with E-state index in [0.29, 0.717) is 0 Å². The molecule has 130 valence electrons. The summed E-state index contributed by atoms with van der Waals surface area (Å²) >= 11 is 0. The summed E-state index contributed by atoms with van der Waals surface area (Å²) in [5.74, 6) is 0.927. The quantitative estimate of drug-likeness (QED) is 0.571. The van der Waals surface area contributed by atoms with Crippen molar-refractivity contribution in [3.63, 3.8) is 0 Å². The molecule has 0 saturated carbocycles. The fraction of sp³-hybridized carbons (Fsp3) is 0.250. The molecule has 4 heterocycles. The van der Waals surface area contributed by atoms with Gasteiger partial charge >= 0.3 is 0 Å². The van der Waals surface area contributed by atoms with Crippen LogP contribution in [-0.4, -0.2) is 42.1 Å². The van der Waals surface area contributed by atoms with Gasteiger partial charge in [-0.15, -0.1) is 0 Å². The Morgan fingerprint density at radius 2 is 1.85 bits per heavy atom. The molecule has 0 unspecified atom stereocenters. The number of fused-ring (bicyclic) bond motifs is 2. The maximum absolute atomic E-state index is 4.56. The van der Waals surface area contributed by atoms with E-state index in [4.69, 9.17) is 0 Å². The first kappa shape index (κ1) is 15.3. The van der Waals surface area contributed by atoms with Gasteiger partial charge in [0, 0.05) is 51.0 Å². The Morgan fingerprint density at radius 3 is 2.81 bits per heavy atom. The molecule has 0 fully saturated rings. The summed E-state index contributed by atoms with van der Waals surface area (Å²) in [4.78, 5) is 11.5. The van der Waals surface area contributed by atoms with E-state index in [9.17, 15) is 0 Å². The molecule has 6 nitrogen and oxygen atoms in total. The topological polar surface area (TPSA) is 51.2 Å². The molecule has 1 aromatic carbocycles. The van der Waals surface area contributed by atoms with Gasteiger partial charge in [-0.2, -0.15) is 5.10 Å². The summed E-state index contributed by atoms with van der Waals surface area (Å²) in [6.45, 7) is 4.05. The average molecular weight is 344 g/mol. The molecule has 0 saturated heterocycles. The summed E-state index contributed by atoms with van der Waals surface area (Å²) in [5, 5.41) is 4.38. The molecule has 0 amide bonds. The van der Waals surface area contributed by atoms with E-state index in [0.717, 1.165) is 49.6 Å². The van der Waals surface area contributed by atoms with Crippen molar-refractivity contribution in [3.05, 3.63) is 72.4 Å². The number of imidazole rings is 1. The van der Waals surface area contributed by atoms with Crippen molar-refractivity contribution >= 4 is 5.65 Å². The van der Waals surface area contributed by atoms with Crippen LogP contribution in [-0.2, 0) is 19.5 Å². The molecule has 4 aromatic rings. The minimum atomic E-state index is 0.840. The Hall–Kier alpha value is -2.99. The molecule has 0 spiro atoms. The van der Waals surface area contributed by atoms with Gasteiger partial charge in [-0.25, -0.2) is 14.5 Å². The minimum absolute atomic E-state index is 0.840. The van der Waals surface area contributed by atoms with Crippen LogP contribution in [0, 0.1) is 0 Å². The van der Waals surface area contributed by atoms with E-state index < -0.39 is 0 Å². The van der Waals surface area contributed by atoms with Crippen molar-refractivity contribution in [1.82, 2.24) is 29.0 Å². The molecule has 0 bridgehead atoms. The highest BCUT2D eigenvalue weighted by atomic mass is 15.2. The van der Waals surface area contributed by atoms with Gasteiger partial charge < -0.3 is 4.57 Å². The fourth-order valence-electron chi connectivity index (χ4n) is 3.71. The second-order valence-electron chi connectivity index (χ2n) is 6.69. The van der Waals surface area contributed by atoms with E-state index in [1.807, 2.05) is 30.9 Å². The molecule has 0 aliphatic carbocycles. The van der Waals surface area contributed by atoms with Crippen molar-refractivity contribution < 1.29 is 0 Å². The van der Waals surface area contributed by atoms with Crippen molar-refractivity contribution in [2.24, 2.45) is 0 Å². The molecule has 0 radical (unpaired) electrons. The highest BCUT2D eigenvalue weighted by Crippen LogP contribution is 2.22. The van der Waals surface area contributed by atoms with Crippen LogP contribution in [0.15, 0.2) is 61.3 Å². The lowest BCUT2D eigenvalue weighted by atomic mass is 10.00. The van der Waals surface area contributed by atoms with Gasteiger partial charge in [-0.05, 0) is 23.6 Å². The summed E-state index contributed by atoms with van der Waals surface area (Å²) in [6.07, 6.45) is 10.6. The van der Waals surface area contributed by atoms with Crippen LogP contribution >= 0.6 is 0 Å². The van der Waals surface area contributed by atoms with Crippen LogP contribution in [0.5, 0.6) is 0 Å². The van der Waals surface area contributed by atoms with Crippen molar-refractivity contribution in [2.45, 2.75) is 19.5 Å². The third kappa shape index (κ3) is 2.68. The molecular weight excluding hydrogens is 324 g/mol. The SMILES string of the molecule is c1ccc2c(c1)CCN(CCn1ccnc1-c1cnn3cccnc13)C2. The predicted molar refractivity (Wildman–Crippen MR) is 99.6 cm³/mol. The summed E-state index contributed by atoms with van der Waals surface area (Å²) in [7, 11) is 0. The standard InChI is InChI=1S/C20H20N6/c1-2-5-17-15-24(10-6-16(17)4-1)12-13-25-11-8-22-19(25)18-14-23-26-9-3-7-21-20(18)26/h1-5,7-9,11,14H,6,10,12-13,15H2. The monoisotopic (exact) mass is 344 g/mol. The number of aromatic nitrogens is 5. The number of hydrogen-bond donors (Lipinski definition) is 0. The van der Waals surface area contributed by atoms with E-state index in [1.165, 1.54) is 11.1 Å². The van der Waals surface area contributed by atoms with Crippen molar-refractivity contribution in [1.29, 1.82) is 0 Å². The molecule has 1 aliphatic heterocycles. The second kappa shape index (κ2) is 6.38. The van der Waals surface area contributed by atoms with Gasteiger partial charge in [-0.3, -0.25) is 4.90 Å². The zero-order valence-electron chi connectivity index (χ0n) is 14.5. The number of rotatable bonds is 4. The summed E-state index contributed by atoms with van der Waals surface area (Å²) in [6, 6.07) is 10.6. The van der Waals surface area contributed by atoms with Crippen LogP contribution in [0.25, 0.3) is 17.0 Å². The maximum Gasteiger partial charge on any atom is 0.165 e. The molecule has 6 heteroatoms. The zero-order valence-corrected chi connectivity index (χ0v) is 14.5. The van der Waals surface area contributed by atoms with Gasteiger partial charge in [0.15, 0.2) is 5.65 Å². The number of hydrogen-bond acceptors (Lipinski definition) is 4. The van der Waals surface area contributed by atoms with E-state index in [1.54, 1.807) is 10.7 Å². The Morgan fingerprint density at radius 1 is 0.923 bits per heavy atom. The Balaban J connectivity index is 1.35. The average Bonchev–Trinajstić information content (AvgIpc) is 3.32. The van der Waals surface area contributed by atoms with Crippen molar-refractivity contribution in [2.75, 3.05) is 13.1 Å². The third-order valence-corrected chi connectivity index (χ3v) is 5.10. The smallest absolute Gasteiger partial charge is 0.165 e. The normalized spacial score (nSPS) is 14.6. The Bertz CT molecular complexity index is 1050. The minimum Gasteiger partial charge on any atom is -0.330 e. The highest BCUT2D eigenvalue weighted by Gasteiger charge is 2.17. The first-order valence-corrected chi connectivity index (χ1v) is 8.97. The first-order valence-electron chi connectivity index (χ1n) is 8.97. The van der Waals surface area contributed by atoms with Crippen LogP contribution < -0.4 is 0 Å². The van der Waals surface area contributed by atoms with Gasteiger partial charge in [0.25, 0.3) is 0 Å². The summed E-state index contributed by atoms with van der Waals surface area (Å²) < 4.78 is 3.99. The van der Waals surface area contributed by atoms with Crippen LogP contribution in [0.2, 0.25) is 0 Å². The second-order valence-corrected chi connectivity index (χ2v) is 6.69. The van der Waals surface area contributed by atoms with Crippen LogP contribution in [0.1, 0.15) is 11.1 Å². The van der Waals surface area contributed by atoms with Crippen molar-refractivity contribution in [3.8, 4) is 11.4 Å².